The van der Waals surface area contributed by atoms with E-state index in [0.29, 0.717) is 13.2 Å². The first kappa shape index (κ1) is 9.40. The lowest BCUT2D eigenvalue weighted by atomic mass is 10.3. The van der Waals surface area contributed by atoms with E-state index in [-0.39, 0.29) is 6.61 Å². The molecule has 58 valence electrons. The molecule has 0 aliphatic carbocycles. The van der Waals surface area contributed by atoms with Gasteiger partial charge in [-0.15, -0.1) is 6.58 Å². The summed E-state index contributed by atoms with van der Waals surface area (Å²) in [4.78, 5) is 0. The minimum absolute atomic E-state index is 0.109. The average molecular weight is 142 g/mol. The van der Waals surface area contributed by atoms with Gasteiger partial charge < -0.3 is 9.84 Å². The summed E-state index contributed by atoms with van der Waals surface area (Å²) < 4.78 is 5.05. The van der Waals surface area contributed by atoms with Gasteiger partial charge in [0.05, 0.1) is 19.8 Å². The lowest BCUT2D eigenvalue weighted by molar-refractivity contribution is 0.192. The molecule has 0 aromatic heterocycles. The number of aliphatic hydroxyl groups excluding tert-OH is 1. The highest BCUT2D eigenvalue weighted by Gasteiger charge is 1.83. The second kappa shape index (κ2) is 6.52. The standard InChI is InChI=1S/C8H14O2/c1-3-5-10-6-4-8(2)7-9/h3-4,9H,1,5-7H2,2H3. The van der Waals surface area contributed by atoms with E-state index < -0.39 is 0 Å². The van der Waals surface area contributed by atoms with Gasteiger partial charge in [0.2, 0.25) is 0 Å². The van der Waals surface area contributed by atoms with Crippen LogP contribution in [0.1, 0.15) is 6.92 Å². The predicted octanol–water partition coefficient (Wildman–Crippen LogP) is 1.13. The molecule has 0 aromatic carbocycles. The number of hydrogen-bond acceptors (Lipinski definition) is 2. The van der Waals surface area contributed by atoms with Gasteiger partial charge in [-0.1, -0.05) is 12.2 Å². The summed E-state index contributed by atoms with van der Waals surface area (Å²) in [6, 6.07) is 0. The molecule has 1 N–H and O–H groups in total. The number of aliphatic hydroxyl groups is 1. The van der Waals surface area contributed by atoms with Crippen LogP contribution in [0.5, 0.6) is 0 Å². The topological polar surface area (TPSA) is 29.5 Å². The highest BCUT2D eigenvalue weighted by atomic mass is 16.5. The summed E-state index contributed by atoms with van der Waals surface area (Å²) in [5.74, 6) is 0. The summed E-state index contributed by atoms with van der Waals surface area (Å²) in [5.41, 5.74) is 0.934. The second-order valence-corrected chi connectivity index (χ2v) is 2.03. The van der Waals surface area contributed by atoms with Gasteiger partial charge in [0.1, 0.15) is 0 Å². The third-order valence-corrected chi connectivity index (χ3v) is 1.03. The van der Waals surface area contributed by atoms with Crippen LogP contribution < -0.4 is 0 Å². The van der Waals surface area contributed by atoms with Crippen molar-refractivity contribution in [3.63, 3.8) is 0 Å². The molecule has 0 fully saturated rings. The summed E-state index contributed by atoms with van der Waals surface area (Å²) in [7, 11) is 0. The first-order chi connectivity index (χ1) is 4.81. The van der Waals surface area contributed by atoms with Gasteiger partial charge in [0.15, 0.2) is 0 Å². The van der Waals surface area contributed by atoms with Gasteiger partial charge in [0, 0.05) is 0 Å². The van der Waals surface area contributed by atoms with E-state index in [2.05, 4.69) is 6.58 Å². The van der Waals surface area contributed by atoms with Gasteiger partial charge in [-0.25, -0.2) is 0 Å². The highest BCUT2D eigenvalue weighted by Crippen LogP contribution is 1.89. The van der Waals surface area contributed by atoms with E-state index >= 15 is 0 Å². The first-order valence-corrected chi connectivity index (χ1v) is 3.26. The zero-order valence-corrected chi connectivity index (χ0v) is 6.34. The molecule has 0 atom stereocenters. The molecule has 0 bridgehead atoms. The van der Waals surface area contributed by atoms with Crippen molar-refractivity contribution in [1.82, 2.24) is 0 Å². The molecular weight excluding hydrogens is 128 g/mol. The fraction of sp³-hybridized carbons (Fsp3) is 0.500. The SMILES string of the molecule is C=CCOCC=C(C)CO. The Bertz CT molecular complexity index is 116. The van der Waals surface area contributed by atoms with Crippen LogP contribution in [0.4, 0.5) is 0 Å². The van der Waals surface area contributed by atoms with Crippen molar-refractivity contribution in [2.75, 3.05) is 19.8 Å². The maximum absolute atomic E-state index is 8.55. The normalized spacial score (nSPS) is 11.6. The molecule has 0 amide bonds. The molecule has 0 aliphatic heterocycles. The van der Waals surface area contributed by atoms with Crippen LogP contribution in [0.25, 0.3) is 0 Å². The van der Waals surface area contributed by atoms with Crippen LogP contribution in [0.2, 0.25) is 0 Å². The van der Waals surface area contributed by atoms with Crippen molar-refractivity contribution in [1.29, 1.82) is 0 Å². The van der Waals surface area contributed by atoms with Crippen molar-refractivity contribution in [2.45, 2.75) is 6.92 Å². The van der Waals surface area contributed by atoms with Crippen molar-refractivity contribution in [3.8, 4) is 0 Å². The Labute approximate surface area is 61.8 Å². The molecule has 2 heteroatoms. The Balaban J connectivity index is 3.24. The molecular formula is C8H14O2. The molecule has 0 unspecified atom stereocenters. The van der Waals surface area contributed by atoms with Gasteiger partial charge in [-0.2, -0.15) is 0 Å². The Morgan fingerprint density at radius 3 is 2.80 bits per heavy atom. The quantitative estimate of drug-likeness (QED) is 0.460. The molecule has 0 spiro atoms. The monoisotopic (exact) mass is 142 g/mol. The highest BCUT2D eigenvalue weighted by molar-refractivity contribution is 4.97. The summed E-state index contributed by atoms with van der Waals surface area (Å²) in [5, 5.41) is 8.55. The van der Waals surface area contributed by atoms with Crippen LogP contribution in [0.3, 0.4) is 0 Å². The molecule has 0 radical (unpaired) electrons. The zero-order chi connectivity index (χ0) is 7.82. The number of hydrogen-bond donors (Lipinski definition) is 1. The van der Waals surface area contributed by atoms with Crippen molar-refractivity contribution in [3.05, 3.63) is 24.3 Å². The van der Waals surface area contributed by atoms with Crippen LogP contribution >= 0.6 is 0 Å². The summed E-state index contributed by atoms with van der Waals surface area (Å²) >= 11 is 0. The zero-order valence-electron chi connectivity index (χ0n) is 6.34. The molecule has 0 aliphatic rings. The van der Waals surface area contributed by atoms with Gasteiger partial charge >= 0.3 is 0 Å². The Morgan fingerprint density at radius 1 is 1.60 bits per heavy atom. The Hall–Kier alpha value is -0.600. The minimum Gasteiger partial charge on any atom is -0.392 e. The summed E-state index contributed by atoms with van der Waals surface area (Å²) in [6.07, 6.45) is 3.55. The smallest absolute Gasteiger partial charge is 0.0655 e. The molecule has 0 heterocycles. The van der Waals surface area contributed by atoms with Gasteiger partial charge in [-0.05, 0) is 12.5 Å². The molecule has 10 heavy (non-hydrogen) atoms. The lowest BCUT2D eigenvalue weighted by Gasteiger charge is -1.96. The fourth-order valence-electron chi connectivity index (χ4n) is 0.417. The fourth-order valence-corrected chi connectivity index (χ4v) is 0.417. The molecule has 0 saturated heterocycles. The largest absolute Gasteiger partial charge is 0.392 e. The second-order valence-electron chi connectivity index (χ2n) is 2.03. The maximum atomic E-state index is 8.55. The van der Waals surface area contributed by atoms with E-state index in [1.165, 1.54) is 0 Å². The average Bonchev–Trinajstić information content (AvgIpc) is 1.98. The van der Waals surface area contributed by atoms with Gasteiger partial charge in [-0.3, -0.25) is 0 Å². The first-order valence-electron chi connectivity index (χ1n) is 3.26. The third-order valence-electron chi connectivity index (χ3n) is 1.03. The molecule has 0 aromatic rings. The summed E-state index contributed by atoms with van der Waals surface area (Å²) in [6.45, 7) is 6.59. The van der Waals surface area contributed by atoms with Crippen LogP contribution in [0.15, 0.2) is 24.3 Å². The maximum Gasteiger partial charge on any atom is 0.0655 e. The number of ether oxygens (including phenoxy) is 1. The van der Waals surface area contributed by atoms with E-state index in [4.69, 9.17) is 9.84 Å². The van der Waals surface area contributed by atoms with E-state index in [0.717, 1.165) is 5.57 Å². The predicted molar refractivity (Wildman–Crippen MR) is 41.9 cm³/mol. The van der Waals surface area contributed by atoms with Crippen LogP contribution in [-0.4, -0.2) is 24.9 Å². The van der Waals surface area contributed by atoms with E-state index in [9.17, 15) is 0 Å². The van der Waals surface area contributed by atoms with Crippen molar-refractivity contribution in [2.24, 2.45) is 0 Å². The van der Waals surface area contributed by atoms with E-state index in [1.807, 2.05) is 13.0 Å². The lowest BCUT2D eigenvalue weighted by Crippen LogP contribution is -1.93. The van der Waals surface area contributed by atoms with Crippen molar-refractivity contribution < 1.29 is 9.84 Å². The molecule has 0 saturated carbocycles. The molecule has 0 rings (SSSR count). The van der Waals surface area contributed by atoms with Crippen molar-refractivity contribution >= 4 is 0 Å². The Morgan fingerprint density at radius 2 is 2.30 bits per heavy atom. The van der Waals surface area contributed by atoms with Crippen LogP contribution in [-0.2, 0) is 4.74 Å². The van der Waals surface area contributed by atoms with Crippen LogP contribution in [0, 0.1) is 0 Å². The Kier molecular flexibility index (Phi) is 6.13. The third kappa shape index (κ3) is 5.54. The molecule has 2 nitrogen and oxygen atoms in total. The minimum atomic E-state index is 0.109. The van der Waals surface area contributed by atoms with E-state index in [1.54, 1.807) is 6.08 Å². The number of rotatable bonds is 5. The van der Waals surface area contributed by atoms with Gasteiger partial charge in [0.25, 0.3) is 0 Å².